The van der Waals surface area contributed by atoms with Gasteiger partial charge in [-0.3, -0.25) is 4.90 Å². The molecule has 0 aliphatic carbocycles. The van der Waals surface area contributed by atoms with Gasteiger partial charge >= 0.3 is 0 Å². The average Bonchev–Trinajstić information content (AvgIpc) is 2.52. The summed E-state index contributed by atoms with van der Waals surface area (Å²) in [4.78, 5) is 2.33. The molecule has 0 aromatic carbocycles. The number of likely N-dealkylation sites (tertiary alicyclic amines) is 1. The Labute approximate surface area is 80.9 Å². The summed E-state index contributed by atoms with van der Waals surface area (Å²) in [5.74, 6) is 0. The smallest absolute Gasteiger partial charge is 0.0586 e. The second kappa shape index (κ2) is 5.58. The van der Waals surface area contributed by atoms with E-state index in [2.05, 4.69) is 11.8 Å². The van der Waals surface area contributed by atoms with Gasteiger partial charge in [0.15, 0.2) is 0 Å². The van der Waals surface area contributed by atoms with E-state index in [1.807, 2.05) is 0 Å². The van der Waals surface area contributed by atoms with Gasteiger partial charge in [-0.05, 0) is 25.8 Å². The first-order valence-corrected chi connectivity index (χ1v) is 5.38. The number of nitrogens with two attached hydrogens (primary N) is 1. The van der Waals surface area contributed by atoms with Crippen molar-refractivity contribution < 1.29 is 5.11 Å². The molecule has 1 rings (SSSR count). The fourth-order valence-corrected chi connectivity index (χ4v) is 2.11. The molecule has 1 aliphatic heterocycles. The van der Waals surface area contributed by atoms with E-state index in [1.165, 1.54) is 6.42 Å². The second-order valence-corrected chi connectivity index (χ2v) is 4.02. The minimum atomic E-state index is 0.289. The highest BCUT2D eigenvalue weighted by Gasteiger charge is 2.24. The maximum Gasteiger partial charge on any atom is 0.0586 e. The first kappa shape index (κ1) is 11.0. The molecule has 13 heavy (non-hydrogen) atoms. The standard InChI is InChI=1S/C10H22N2O/c1-2-4-9(11)7-12-6-3-5-10(12)8-13/h9-10,13H,2-8,11H2,1H3/t9-,10+/m0/s1. The van der Waals surface area contributed by atoms with E-state index in [9.17, 15) is 0 Å². The molecule has 0 unspecified atom stereocenters. The Balaban J connectivity index is 2.26. The SMILES string of the molecule is CCC[C@H](N)CN1CCC[C@@H]1CO. The predicted octanol–water partition coefficient (Wildman–Crippen LogP) is 0.570. The highest BCUT2D eigenvalue weighted by molar-refractivity contribution is 4.81. The van der Waals surface area contributed by atoms with E-state index in [-0.39, 0.29) is 6.04 Å². The van der Waals surface area contributed by atoms with Crippen LogP contribution in [0.2, 0.25) is 0 Å². The molecule has 0 spiro atoms. The summed E-state index contributed by atoms with van der Waals surface area (Å²) in [6, 6.07) is 0.667. The fraction of sp³-hybridized carbons (Fsp3) is 1.00. The van der Waals surface area contributed by atoms with E-state index < -0.39 is 0 Å². The van der Waals surface area contributed by atoms with Crippen molar-refractivity contribution in [3.63, 3.8) is 0 Å². The van der Waals surface area contributed by atoms with Crippen LogP contribution in [0.4, 0.5) is 0 Å². The average molecular weight is 186 g/mol. The maximum absolute atomic E-state index is 9.10. The molecule has 0 bridgehead atoms. The Hall–Kier alpha value is -0.120. The first-order chi connectivity index (χ1) is 6.27. The van der Waals surface area contributed by atoms with E-state index in [0.717, 1.165) is 32.4 Å². The summed E-state index contributed by atoms with van der Waals surface area (Å²) >= 11 is 0. The van der Waals surface area contributed by atoms with Crippen LogP contribution in [0, 0.1) is 0 Å². The van der Waals surface area contributed by atoms with Crippen molar-refractivity contribution in [2.75, 3.05) is 19.7 Å². The molecule has 1 fully saturated rings. The lowest BCUT2D eigenvalue weighted by Crippen LogP contribution is -2.41. The van der Waals surface area contributed by atoms with Gasteiger partial charge in [-0.2, -0.15) is 0 Å². The Kier molecular flexibility index (Phi) is 4.70. The molecule has 3 nitrogen and oxygen atoms in total. The fourth-order valence-electron chi connectivity index (χ4n) is 2.11. The number of hydrogen-bond acceptors (Lipinski definition) is 3. The number of rotatable bonds is 5. The Bertz CT molecular complexity index is 141. The molecular weight excluding hydrogens is 164 g/mol. The number of aliphatic hydroxyl groups excluding tert-OH is 1. The lowest BCUT2D eigenvalue weighted by molar-refractivity contribution is 0.151. The minimum Gasteiger partial charge on any atom is -0.395 e. The zero-order valence-corrected chi connectivity index (χ0v) is 8.58. The van der Waals surface area contributed by atoms with Crippen molar-refractivity contribution in [2.45, 2.75) is 44.7 Å². The molecule has 3 N–H and O–H groups in total. The molecule has 0 saturated carbocycles. The van der Waals surface area contributed by atoms with Gasteiger partial charge in [0.1, 0.15) is 0 Å². The Morgan fingerprint density at radius 3 is 3.00 bits per heavy atom. The zero-order chi connectivity index (χ0) is 9.68. The van der Waals surface area contributed by atoms with Gasteiger partial charge in [0, 0.05) is 18.6 Å². The second-order valence-electron chi connectivity index (χ2n) is 4.02. The van der Waals surface area contributed by atoms with Crippen molar-refractivity contribution in [3.8, 4) is 0 Å². The Morgan fingerprint density at radius 2 is 2.38 bits per heavy atom. The lowest BCUT2D eigenvalue weighted by Gasteiger charge is -2.25. The molecule has 78 valence electrons. The highest BCUT2D eigenvalue weighted by Crippen LogP contribution is 2.16. The van der Waals surface area contributed by atoms with Gasteiger partial charge in [-0.15, -0.1) is 0 Å². The van der Waals surface area contributed by atoms with Gasteiger partial charge in [0.05, 0.1) is 6.61 Å². The number of nitrogens with zero attached hydrogens (tertiary/aromatic N) is 1. The molecule has 2 atom stereocenters. The molecule has 0 aromatic rings. The molecule has 1 saturated heterocycles. The van der Waals surface area contributed by atoms with Crippen molar-refractivity contribution in [1.82, 2.24) is 4.90 Å². The summed E-state index contributed by atoms with van der Waals surface area (Å²) in [5.41, 5.74) is 5.96. The van der Waals surface area contributed by atoms with Crippen molar-refractivity contribution in [3.05, 3.63) is 0 Å². The van der Waals surface area contributed by atoms with Gasteiger partial charge in [0.2, 0.25) is 0 Å². The van der Waals surface area contributed by atoms with E-state index >= 15 is 0 Å². The molecule has 0 amide bonds. The molecule has 1 heterocycles. The van der Waals surface area contributed by atoms with Crippen LogP contribution in [-0.4, -0.2) is 41.8 Å². The van der Waals surface area contributed by atoms with Crippen molar-refractivity contribution in [2.24, 2.45) is 5.73 Å². The first-order valence-electron chi connectivity index (χ1n) is 5.38. The topological polar surface area (TPSA) is 49.5 Å². The lowest BCUT2D eigenvalue weighted by atomic mass is 10.1. The van der Waals surface area contributed by atoms with Crippen LogP contribution in [0.3, 0.4) is 0 Å². The van der Waals surface area contributed by atoms with Gasteiger partial charge < -0.3 is 10.8 Å². The van der Waals surface area contributed by atoms with Crippen LogP contribution in [-0.2, 0) is 0 Å². The van der Waals surface area contributed by atoms with Gasteiger partial charge in [-0.1, -0.05) is 13.3 Å². The summed E-state index contributed by atoms with van der Waals surface area (Å²) in [6.45, 7) is 4.52. The Morgan fingerprint density at radius 1 is 1.62 bits per heavy atom. The maximum atomic E-state index is 9.10. The monoisotopic (exact) mass is 186 g/mol. The van der Waals surface area contributed by atoms with Crippen LogP contribution in [0.1, 0.15) is 32.6 Å². The van der Waals surface area contributed by atoms with Crippen LogP contribution in [0.5, 0.6) is 0 Å². The highest BCUT2D eigenvalue weighted by atomic mass is 16.3. The van der Waals surface area contributed by atoms with Crippen molar-refractivity contribution in [1.29, 1.82) is 0 Å². The molecule has 3 heteroatoms. The quantitative estimate of drug-likeness (QED) is 0.660. The summed E-state index contributed by atoms with van der Waals surface area (Å²) < 4.78 is 0. The summed E-state index contributed by atoms with van der Waals surface area (Å²) in [7, 11) is 0. The van der Waals surface area contributed by atoms with Crippen LogP contribution >= 0.6 is 0 Å². The zero-order valence-electron chi connectivity index (χ0n) is 8.58. The van der Waals surface area contributed by atoms with E-state index in [1.54, 1.807) is 0 Å². The molecular formula is C10H22N2O. The molecule has 0 radical (unpaired) electrons. The summed E-state index contributed by atoms with van der Waals surface area (Å²) in [6.07, 6.45) is 4.59. The third-order valence-electron chi connectivity index (χ3n) is 2.84. The number of hydrogen-bond donors (Lipinski definition) is 2. The third kappa shape index (κ3) is 3.25. The van der Waals surface area contributed by atoms with Crippen LogP contribution in [0.15, 0.2) is 0 Å². The van der Waals surface area contributed by atoms with Crippen molar-refractivity contribution >= 4 is 0 Å². The minimum absolute atomic E-state index is 0.289. The van der Waals surface area contributed by atoms with E-state index in [0.29, 0.717) is 12.6 Å². The molecule has 1 aliphatic rings. The normalized spacial score (nSPS) is 26.5. The molecule has 0 aromatic heterocycles. The van der Waals surface area contributed by atoms with Crippen LogP contribution in [0.25, 0.3) is 0 Å². The largest absolute Gasteiger partial charge is 0.395 e. The van der Waals surface area contributed by atoms with Crippen LogP contribution < -0.4 is 5.73 Å². The number of aliphatic hydroxyl groups is 1. The van der Waals surface area contributed by atoms with Gasteiger partial charge in [-0.25, -0.2) is 0 Å². The summed E-state index contributed by atoms with van der Waals surface area (Å²) in [5, 5.41) is 9.10. The van der Waals surface area contributed by atoms with E-state index in [4.69, 9.17) is 10.8 Å². The van der Waals surface area contributed by atoms with Gasteiger partial charge in [0.25, 0.3) is 0 Å². The predicted molar refractivity (Wildman–Crippen MR) is 54.6 cm³/mol. The third-order valence-corrected chi connectivity index (χ3v) is 2.84.